The summed E-state index contributed by atoms with van der Waals surface area (Å²) in [4.78, 5) is 4.15. The van der Waals surface area contributed by atoms with Gasteiger partial charge in [0.2, 0.25) is 0 Å². The highest BCUT2D eigenvalue weighted by Gasteiger charge is 2.51. The molecule has 30 heavy (non-hydrogen) atoms. The zero-order chi connectivity index (χ0) is 21.9. The van der Waals surface area contributed by atoms with Gasteiger partial charge in [0, 0.05) is 17.8 Å². The van der Waals surface area contributed by atoms with Gasteiger partial charge in [-0.1, -0.05) is 6.07 Å². The van der Waals surface area contributed by atoms with Gasteiger partial charge in [-0.15, -0.1) is 5.10 Å². The summed E-state index contributed by atoms with van der Waals surface area (Å²) in [5, 5.41) is 21.5. The molecule has 0 aliphatic heterocycles. The maximum absolute atomic E-state index is 14.4. The maximum atomic E-state index is 14.4. The van der Waals surface area contributed by atoms with E-state index in [0.717, 1.165) is 23.1 Å². The third-order valence-electron chi connectivity index (χ3n) is 4.45. The lowest BCUT2D eigenvalue weighted by Gasteiger charge is -2.35. The van der Waals surface area contributed by atoms with Gasteiger partial charge in [0.15, 0.2) is 5.60 Å². The van der Waals surface area contributed by atoms with E-state index < -0.39 is 35.3 Å². The second-order valence-corrected chi connectivity index (χ2v) is 6.89. The number of ether oxygens (including phenoxy) is 1. The smallest absolute Gasteiger partial charge is 0.273 e. The molecule has 2 heterocycles. The zero-order valence-electron chi connectivity index (χ0n) is 16.1. The highest BCUT2D eigenvalue weighted by molar-refractivity contribution is 5.31. The predicted octanol–water partition coefficient (Wildman–Crippen LogP) is 3.01. The van der Waals surface area contributed by atoms with E-state index in [9.17, 15) is 22.7 Å². The van der Waals surface area contributed by atoms with Crippen LogP contribution in [0.5, 0.6) is 0 Å². The van der Waals surface area contributed by atoms with Gasteiger partial charge >= 0.3 is 0 Å². The number of rotatable bonds is 8. The van der Waals surface area contributed by atoms with Crippen LogP contribution in [-0.4, -0.2) is 42.8 Å². The van der Waals surface area contributed by atoms with Crippen molar-refractivity contribution in [1.29, 1.82) is 0 Å². The van der Waals surface area contributed by atoms with Gasteiger partial charge < -0.3 is 9.84 Å². The Morgan fingerprint density at radius 1 is 1.17 bits per heavy atom. The summed E-state index contributed by atoms with van der Waals surface area (Å²) in [6.07, 6.45) is -1.12. The summed E-state index contributed by atoms with van der Waals surface area (Å²) < 4.78 is 62.5. The Hall–Kier alpha value is -2.92. The number of tetrazole rings is 1. The average molecular weight is 425 g/mol. The molecule has 0 aliphatic rings. The number of hydrogen-bond donors (Lipinski definition) is 1. The number of halogens is 4. The van der Waals surface area contributed by atoms with Crippen molar-refractivity contribution >= 4 is 0 Å². The minimum atomic E-state index is -3.49. The van der Waals surface area contributed by atoms with Crippen molar-refractivity contribution in [2.45, 2.75) is 44.6 Å². The normalized spacial score (nSPS) is 14.8. The molecule has 160 valence electrons. The number of nitrogens with zero attached hydrogens (tertiary/aromatic N) is 5. The molecule has 0 aliphatic carbocycles. The molecular formula is C19H19F4N5O2. The van der Waals surface area contributed by atoms with Crippen molar-refractivity contribution in [3.8, 4) is 0 Å². The van der Waals surface area contributed by atoms with Crippen molar-refractivity contribution in [3.05, 3.63) is 71.3 Å². The summed E-state index contributed by atoms with van der Waals surface area (Å²) in [6, 6.07) is 3.22. The van der Waals surface area contributed by atoms with E-state index in [1.165, 1.54) is 12.3 Å². The lowest BCUT2D eigenvalue weighted by molar-refractivity contribution is -0.131. The molecule has 7 nitrogen and oxygen atoms in total. The van der Waals surface area contributed by atoms with Gasteiger partial charge in [-0.25, -0.2) is 22.2 Å². The SMILES string of the molecule is CC(C)OCc1ccc(C(n2cnnn2)C(O)(c2ccc(F)cc2F)C(F)F)nc1. The first-order valence-electron chi connectivity index (χ1n) is 8.98. The third-order valence-corrected chi connectivity index (χ3v) is 4.45. The van der Waals surface area contributed by atoms with Crippen molar-refractivity contribution in [2.24, 2.45) is 0 Å². The Morgan fingerprint density at radius 3 is 2.47 bits per heavy atom. The second kappa shape index (κ2) is 8.84. The van der Waals surface area contributed by atoms with Crippen molar-refractivity contribution in [2.75, 3.05) is 0 Å². The molecule has 1 N–H and O–H groups in total. The van der Waals surface area contributed by atoms with Crippen LogP contribution in [0.1, 0.15) is 36.7 Å². The van der Waals surface area contributed by atoms with E-state index in [-0.39, 0.29) is 18.4 Å². The van der Waals surface area contributed by atoms with Crippen LogP contribution in [0.4, 0.5) is 17.6 Å². The lowest BCUT2D eigenvalue weighted by atomic mass is 9.84. The first kappa shape index (κ1) is 21.8. The fourth-order valence-corrected chi connectivity index (χ4v) is 2.99. The summed E-state index contributed by atoms with van der Waals surface area (Å²) in [5.41, 5.74) is -3.34. The summed E-state index contributed by atoms with van der Waals surface area (Å²) in [6.45, 7) is 3.96. The molecule has 0 saturated heterocycles. The molecule has 0 radical (unpaired) electrons. The van der Waals surface area contributed by atoms with Crippen LogP contribution in [0.3, 0.4) is 0 Å². The standard InChI is InChI=1S/C19H19F4N5O2/c1-11(2)30-9-12-3-6-16(24-8-12)17(28-10-25-26-27-28)19(29,18(22)23)14-5-4-13(20)7-15(14)21/h3-8,10-11,17-18,29H,9H2,1-2H3. The second-order valence-electron chi connectivity index (χ2n) is 6.89. The summed E-state index contributed by atoms with van der Waals surface area (Å²) >= 11 is 0. The first-order chi connectivity index (χ1) is 14.2. The Morgan fingerprint density at radius 2 is 1.93 bits per heavy atom. The molecule has 3 aromatic rings. The quantitative estimate of drug-likeness (QED) is 0.559. The van der Waals surface area contributed by atoms with Gasteiger partial charge in [-0.3, -0.25) is 4.98 Å². The van der Waals surface area contributed by atoms with Crippen LogP contribution in [0, 0.1) is 11.6 Å². The molecule has 0 bridgehead atoms. The van der Waals surface area contributed by atoms with E-state index in [0.29, 0.717) is 11.6 Å². The van der Waals surface area contributed by atoms with Gasteiger partial charge in [-0.05, 0) is 48.0 Å². The highest BCUT2D eigenvalue weighted by Crippen LogP contribution is 2.42. The van der Waals surface area contributed by atoms with Crippen LogP contribution < -0.4 is 0 Å². The first-order valence-corrected chi connectivity index (χ1v) is 8.98. The molecule has 2 atom stereocenters. The molecule has 2 aromatic heterocycles. The van der Waals surface area contributed by atoms with Crippen LogP contribution in [0.2, 0.25) is 0 Å². The number of hydrogen-bond acceptors (Lipinski definition) is 6. The van der Waals surface area contributed by atoms with Gasteiger partial charge in [0.05, 0.1) is 18.4 Å². The monoisotopic (exact) mass is 425 g/mol. The van der Waals surface area contributed by atoms with Gasteiger partial charge in [0.25, 0.3) is 6.43 Å². The van der Waals surface area contributed by atoms with Crippen molar-refractivity contribution in [3.63, 3.8) is 0 Å². The summed E-state index contributed by atoms with van der Waals surface area (Å²) in [7, 11) is 0. The van der Waals surface area contributed by atoms with E-state index in [4.69, 9.17) is 4.74 Å². The maximum Gasteiger partial charge on any atom is 0.273 e. The third kappa shape index (κ3) is 4.31. The van der Waals surface area contributed by atoms with E-state index in [1.54, 1.807) is 6.07 Å². The van der Waals surface area contributed by atoms with Crippen LogP contribution in [0.15, 0.2) is 42.9 Å². The van der Waals surface area contributed by atoms with E-state index >= 15 is 0 Å². The zero-order valence-corrected chi connectivity index (χ0v) is 16.1. The Balaban J connectivity index is 2.10. The van der Waals surface area contributed by atoms with Gasteiger partial charge in [-0.2, -0.15) is 0 Å². The van der Waals surface area contributed by atoms with E-state index in [2.05, 4.69) is 20.5 Å². The van der Waals surface area contributed by atoms with E-state index in [1.807, 2.05) is 13.8 Å². The largest absolute Gasteiger partial charge is 0.377 e. The van der Waals surface area contributed by atoms with Crippen LogP contribution in [0.25, 0.3) is 0 Å². The Labute approximate surface area is 169 Å². The average Bonchev–Trinajstić information content (AvgIpc) is 3.21. The molecule has 0 fully saturated rings. The van der Waals surface area contributed by atoms with Crippen molar-refractivity contribution in [1.82, 2.24) is 25.2 Å². The molecule has 2 unspecified atom stereocenters. The number of benzene rings is 1. The van der Waals surface area contributed by atoms with Crippen LogP contribution >= 0.6 is 0 Å². The molecule has 0 spiro atoms. The topological polar surface area (TPSA) is 86.0 Å². The number of alkyl halides is 2. The van der Waals surface area contributed by atoms with Gasteiger partial charge in [0.1, 0.15) is 24.0 Å². The fraction of sp³-hybridized carbons (Fsp3) is 0.368. The molecular weight excluding hydrogens is 406 g/mol. The van der Waals surface area contributed by atoms with Crippen LogP contribution in [-0.2, 0) is 16.9 Å². The predicted molar refractivity (Wildman–Crippen MR) is 96.4 cm³/mol. The Bertz CT molecular complexity index is 970. The molecule has 11 heteroatoms. The fourth-order valence-electron chi connectivity index (χ4n) is 2.99. The molecule has 0 saturated carbocycles. The molecule has 1 aromatic carbocycles. The molecule has 0 amide bonds. The van der Waals surface area contributed by atoms with Crippen molar-refractivity contribution < 1.29 is 27.4 Å². The Kier molecular flexibility index (Phi) is 6.42. The number of aliphatic hydroxyl groups is 1. The number of pyridine rings is 1. The minimum absolute atomic E-state index is 0.0241. The number of aromatic nitrogens is 5. The summed E-state index contributed by atoms with van der Waals surface area (Å²) in [5.74, 6) is -2.31. The minimum Gasteiger partial charge on any atom is -0.377 e. The molecule has 3 rings (SSSR count). The lowest BCUT2D eigenvalue weighted by Crippen LogP contribution is -2.45. The highest BCUT2D eigenvalue weighted by atomic mass is 19.3.